The van der Waals surface area contributed by atoms with Crippen LogP contribution in [0.2, 0.25) is 5.02 Å². The van der Waals surface area contributed by atoms with Crippen molar-refractivity contribution in [3.63, 3.8) is 0 Å². The summed E-state index contributed by atoms with van der Waals surface area (Å²) in [4.78, 5) is 29.4. The van der Waals surface area contributed by atoms with Crippen molar-refractivity contribution >= 4 is 33.3 Å². The zero-order valence-corrected chi connectivity index (χ0v) is 22.3. The number of nitrogens with zero attached hydrogens (tertiary/aromatic N) is 2. The Labute approximate surface area is 222 Å². The molecule has 2 aliphatic heterocycles. The van der Waals surface area contributed by atoms with Gasteiger partial charge in [0.05, 0.1) is 29.0 Å². The summed E-state index contributed by atoms with van der Waals surface area (Å²) < 4.78 is 36.8. The summed E-state index contributed by atoms with van der Waals surface area (Å²) in [5.74, 6) is -0.872. The van der Waals surface area contributed by atoms with E-state index in [0.717, 1.165) is 31.5 Å². The largest absolute Gasteiger partial charge is 0.348 e. The molecule has 8 nitrogen and oxygen atoms in total. The van der Waals surface area contributed by atoms with Crippen LogP contribution in [-0.2, 0) is 14.6 Å². The second-order valence-corrected chi connectivity index (χ2v) is 12.5. The summed E-state index contributed by atoms with van der Waals surface area (Å²) in [6.07, 6.45) is 1.80. The minimum atomic E-state index is -3.21. The SMILES string of the molecule is CS(=O)(=O)CNCC(=O)NC(CCN1CC2CN(C(=O)c3c(F)cccc3Cl)C[C@@H]2C1)c1ccccc1. The monoisotopic (exact) mass is 550 g/mol. The van der Waals surface area contributed by atoms with Gasteiger partial charge in [-0.3, -0.25) is 14.9 Å². The highest BCUT2D eigenvalue weighted by Crippen LogP contribution is 2.33. The number of hydrogen-bond donors (Lipinski definition) is 2. The molecule has 2 aromatic rings. The molecule has 3 atom stereocenters. The Bertz CT molecular complexity index is 1200. The van der Waals surface area contributed by atoms with Gasteiger partial charge in [-0.2, -0.15) is 0 Å². The Morgan fingerprint density at radius 2 is 1.73 bits per heavy atom. The minimum absolute atomic E-state index is 0.0616. The van der Waals surface area contributed by atoms with E-state index in [-0.39, 0.29) is 40.9 Å². The quantitative estimate of drug-likeness (QED) is 0.471. The summed E-state index contributed by atoms with van der Waals surface area (Å²) in [6.45, 7) is 3.46. The van der Waals surface area contributed by atoms with E-state index >= 15 is 0 Å². The number of likely N-dealkylation sites (tertiary alicyclic amines) is 2. The fourth-order valence-corrected chi connectivity index (χ4v) is 5.93. The van der Waals surface area contributed by atoms with Gasteiger partial charge in [0.15, 0.2) is 9.84 Å². The fraction of sp³-hybridized carbons (Fsp3) is 0.462. The van der Waals surface area contributed by atoms with Crippen LogP contribution in [0.5, 0.6) is 0 Å². The van der Waals surface area contributed by atoms with Gasteiger partial charge < -0.3 is 15.1 Å². The lowest BCUT2D eigenvalue weighted by Crippen LogP contribution is -2.39. The van der Waals surface area contributed by atoms with Crippen LogP contribution in [-0.4, -0.2) is 81.4 Å². The third-order valence-corrected chi connectivity index (χ3v) is 7.99. The van der Waals surface area contributed by atoms with Gasteiger partial charge in [-0.25, -0.2) is 12.8 Å². The van der Waals surface area contributed by atoms with Crippen LogP contribution in [0.1, 0.15) is 28.4 Å². The van der Waals surface area contributed by atoms with Crippen molar-refractivity contribution in [3.8, 4) is 0 Å². The average Bonchev–Trinajstić information content (AvgIpc) is 3.40. The van der Waals surface area contributed by atoms with Crippen LogP contribution in [0.3, 0.4) is 0 Å². The van der Waals surface area contributed by atoms with Crippen molar-refractivity contribution in [1.29, 1.82) is 0 Å². The topological polar surface area (TPSA) is 98.8 Å². The van der Waals surface area contributed by atoms with Gasteiger partial charge in [0.25, 0.3) is 5.91 Å². The highest BCUT2D eigenvalue weighted by atomic mass is 35.5. The van der Waals surface area contributed by atoms with E-state index < -0.39 is 15.7 Å². The molecule has 0 spiro atoms. The maximum absolute atomic E-state index is 14.2. The number of rotatable bonds is 10. The van der Waals surface area contributed by atoms with Crippen LogP contribution < -0.4 is 10.6 Å². The molecule has 2 aliphatic rings. The molecule has 2 unspecified atom stereocenters. The first-order valence-corrected chi connectivity index (χ1v) is 14.7. The first kappa shape index (κ1) is 27.5. The van der Waals surface area contributed by atoms with E-state index in [0.29, 0.717) is 31.3 Å². The molecule has 2 aromatic carbocycles. The normalized spacial score (nSPS) is 20.6. The van der Waals surface area contributed by atoms with E-state index in [1.807, 2.05) is 30.3 Å². The summed E-state index contributed by atoms with van der Waals surface area (Å²) in [7, 11) is -3.21. The fourth-order valence-electron chi connectivity index (χ4n) is 5.21. The number of hydrogen-bond acceptors (Lipinski definition) is 6. The van der Waals surface area contributed by atoms with Crippen molar-refractivity contribution < 1.29 is 22.4 Å². The molecule has 2 N–H and O–H groups in total. The van der Waals surface area contributed by atoms with Gasteiger partial charge in [-0.05, 0) is 36.0 Å². The van der Waals surface area contributed by atoms with Gasteiger partial charge in [-0.15, -0.1) is 0 Å². The molecular weight excluding hydrogens is 519 g/mol. The van der Waals surface area contributed by atoms with Crippen LogP contribution in [0.25, 0.3) is 0 Å². The number of sulfone groups is 1. The maximum atomic E-state index is 14.2. The lowest BCUT2D eigenvalue weighted by Gasteiger charge is -2.25. The predicted octanol–water partition coefficient (Wildman–Crippen LogP) is 2.32. The Morgan fingerprint density at radius 1 is 1.05 bits per heavy atom. The highest BCUT2D eigenvalue weighted by molar-refractivity contribution is 7.90. The third kappa shape index (κ3) is 7.28. The van der Waals surface area contributed by atoms with Crippen molar-refractivity contribution in [2.45, 2.75) is 12.5 Å². The van der Waals surface area contributed by atoms with Crippen molar-refractivity contribution in [3.05, 3.63) is 70.5 Å². The highest BCUT2D eigenvalue weighted by Gasteiger charge is 2.42. The van der Waals surface area contributed by atoms with Crippen molar-refractivity contribution in [2.24, 2.45) is 11.8 Å². The first-order valence-electron chi connectivity index (χ1n) is 12.3. The second-order valence-electron chi connectivity index (χ2n) is 9.90. The maximum Gasteiger partial charge on any atom is 0.258 e. The Hall–Kier alpha value is -2.53. The number of amides is 2. The Morgan fingerprint density at radius 3 is 2.35 bits per heavy atom. The minimum Gasteiger partial charge on any atom is -0.348 e. The molecule has 200 valence electrons. The first-order chi connectivity index (χ1) is 17.6. The molecule has 2 heterocycles. The number of carbonyl (C=O) groups is 2. The molecule has 0 radical (unpaired) electrons. The second kappa shape index (κ2) is 11.9. The molecule has 11 heteroatoms. The molecule has 4 rings (SSSR count). The molecule has 2 fully saturated rings. The zero-order chi connectivity index (χ0) is 26.6. The smallest absolute Gasteiger partial charge is 0.258 e. The van der Waals surface area contributed by atoms with Crippen LogP contribution in [0, 0.1) is 17.7 Å². The number of fused-ring (bicyclic) bond motifs is 1. The zero-order valence-electron chi connectivity index (χ0n) is 20.7. The molecule has 0 saturated carbocycles. The lowest BCUT2D eigenvalue weighted by atomic mass is 10.0. The van der Waals surface area contributed by atoms with E-state index in [1.165, 1.54) is 18.2 Å². The third-order valence-electron chi connectivity index (χ3n) is 6.95. The predicted molar refractivity (Wildman–Crippen MR) is 140 cm³/mol. The molecule has 0 aliphatic carbocycles. The summed E-state index contributed by atoms with van der Waals surface area (Å²) in [6, 6.07) is 13.7. The van der Waals surface area contributed by atoms with Crippen molar-refractivity contribution in [1.82, 2.24) is 20.4 Å². The number of carbonyl (C=O) groups excluding carboxylic acids is 2. The lowest BCUT2D eigenvalue weighted by molar-refractivity contribution is -0.121. The van der Waals surface area contributed by atoms with Gasteiger partial charge in [0.2, 0.25) is 5.91 Å². The number of nitrogens with one attached hydrogen (secondary N) is 2. The standard InChI is InChI=1S/C26H32ClFN4O4S/c1-37(35,36)17-29-12-24(33)30-23(18-6-3-2-4-7-18)10-11-31-13-19-15-32(16-20(19)14-31)26(34)25-21(27)8-5-9-22(25)28/h2-9,19-20,23,29H,10-17H2,1H3,(H,30,33)/t19-,20?,23?/m0/s1. The molecule has 0 aromatic heterocycles. The van der Waals surface area contributed by atoms with Crippen LogP contribution in [0.15, 0.2) is 48.5 Å². The van der Waals surface area contributed by atoms with Gasteiger partial charge in [-0.1, -0.05) is 48.0 Å². The van der Waals surface area contributed by atoms with Gasteiger partial charge in [0, 0.05) is 39.0 Å². The summed E-state index contributed by atoms with van der Waals surface area (Å²) >= 11 is 6.10. The van der Waals surface area contributed by atoms with Crippen molar-refractivity contribution in [2.75, 3.05) is 51.4 Å². The molecule has 2 saturated heterocycles. The van der Waals surface area contributed by atoms with Crippen LogP contribution in [0.4, 0.5) is 4.39 Å². The molecule has 37 heavy (non-hydrogen) atoms. The molecule has 2 amide bonds. The summed E-state index contributed by atoms with van der Waals surface area (Å²) in [5, 5.41) is 5.81. The van der Waals surface area contributed by atoms with Gasteiger partial charge in [0.1, 0.15) is 5.82 Å². The Kier molecular flexibility index (Phi) is 8.84. The van der Waals surface area contributed by atoms with Crippen LogP contribution >= 0.6 is 11.6 Å². The van der Waals surface area contributed by atoms with E-state index in [2.05, 4.69) is 15.5 Å². The van der Waals surface area contributed by atoms with E-state index in [9.17, 15) is 22.4 Å². The van der Waals surface area contributed by atoms with E-state index in [1.54, 1.807) is 4.90 Å². The molecule has 0 bridgehead atoms. The average molecular weight is 551 g/mol. The Balaban J connectivity index is 1.30. The number of benzene rings is 2. The van der Waals surface area contributed by atoms with Gasteiger partial charge >= 0.3 is 0 Å². The van der Waals surface area contributed by atoms with E-state index in [4.69, 9.17) is 11.6 Å². The number of halogens is 2. The summed E-state index contributed by atoms with van der Waals surface area (Å²) in [5.41, 5.74) is 0.922. The molecular formula is C26H32ClFN4O4S.